The van der Waals surface area contributed by atoms with Gasteiger partial charge in [-0.25, -0.2) is 0 Å². The maximum Gasteiger partial charge on any atom is 0.267 e. The number of carbonyl (C=O) groups excluding carboxylic acids is 2. The van der Waals surface area contributed by atoms with E-state index in [0.717, 1.165) is 30.7 Å². The summed E-state index contributed by atoms with van der Waals surface area (Å²) in [6.07, 6.45) is 1.98. The molecule has 5 nitrogen and oxygen atoms in total. The zero-order valence-electron chi connectivity index (χ0n) is 13.2. The minimum absolute atomic E-state index is 0.0334. The number of benzene rings is 1. The molecule has 124 valence electrons. The van der Waals surface area contributed by atoms with Crippen LogP contribution in [0.15, 0.2) is 29.2 Å². The highest BCUT2D eigenvalue weighted by molar-refractivity contribution is 8.26. The molecule has 3 heterocycles. The third-order valence-electron chi connectivity index (χ3n) is 4.54. The number of ether oxygens (including phenoxy) is 1. The molecule has 0 spiro atoms. The number of fused-ring (bicyclic) bond motifs is 1. The molecule has 0 N–H and O–H groups in total. The molecule has 24 heavy (non-hydrogen) atoms. The molecule has 7 heteroatoms. The predicted octanol–water partition coefficient (Wildman–Crippen LogP) is 2.41. The lowest BCUT2D eigenvalue weighted by Crippen LogP contribution is -2.35. The van der Waals surface area contributed by atoms with Gasteiger partial charge in [0.05, 0.1) is 28.8 Å². The van der Waals surface area contributed by atoms with E-state index < -0.39 is 0 Å². The number of hydrogen-bond donors (Lipinski definition) is 0. The van der Waals surface area contributed by atoms with Crippen LogP contribution in [-0.4, -0.2) is 47.3 Å². The van der Waals surface area contributed by atoms with Crippen LogP contribution in [-0.2, 0) is 14.3 Å². The van der Waals surface area contributed by atoms with Crippen LogP contribution in [0.25, 0.3) is 5.57 Å². The van der Waals surface area contributed by atoms with Gasteiger partial charge in [0.2, 0.25) is 0 Å². The molecule has 3 aliphatic heterocycles. The molecule has 3 aliphatic rings. The van der Waals surface area contributed by atoms with Crippen molar-refractivity contribution in [3.05, 3.63) is 34.7 Å². The van der Waals surface area contributed by atoms with E-state index in [1.807, 2.05) is 24.3 Å². The fourth-order valence-electron chi connectivity index (χ4n) is 3.29. The van der Waals surface area contributed by atoms with E-state index >= 15 is 0 Å². The van der Waals surface area contributed by atoms with E-state index in [2.05, 4.69) is 0 Å². The SMILES string of the molecule is CN1C(=O)/C(=C2/SC(=S)N(C[C@H]3CCCO3)C2=O)c2ccccc21. The lowest BCUT2D eigenvalue weighted by molar-refractivity contribution is -0.123. The number of rotatable bonds is 2. The van der Waals surface area contributed by atoms with Crippen LogP contribution in [0.4, 0.5) is 5.69 Å². The Balaban J connectivity index is 1.71. The standard InChI is InChI=1S/C17H16N2O3S2/c1-18-12-7-3-2-6-11(12)13(15(18)20)14-16(21)19(17(23)24-14)9-10-5-4-8-22-10/h2-3,6-7,10H,4-5,8-9H2,1H3/b14-13+/t10-/m1/s1. The summed E-state index contributed by atoms with van der Waals surface area (Å²) in [5, 5.41) is 0. The first-order chi connectivity index (χ1) is 11.6. The van der Waals surface area contributed by atoms with Gasteiger partial charge in [-0.15, -0.1) is 0 Å². The maximum atomic E-state index is 12.9. The Morgan fingerprint density at radius 3 is 2.83 bits per heavy atom. The van der Waals surface area contributed by atoms with E-state index in [1.54, 1.807) is 16.8 Å². The normalized spacial score (nSPS) is 26.7. The number of hydrogen-bond acceptors (Lipinski definition) is 5. The van der Waals surface area contributed by atoms with Gasteiger partial charge in [-0.1, -0.05) is 42.2 Å². The van der Waals surface area contributed by atoms with E-state index in [1.165, 1.54) is 11.8 Å². The Bertz CT molecular complexity index is 784. The number of para-hydroxylation sites is 1. The van der Waals surface area contributed by atoms with Crippen molar-refractivity contribution >= 4 is 51.4 Å². The van der Waals surface area contributed by atoms with Gasteiger partial charge in [-0.3, -0.25) is 14.5 Å². The topological polar surface area (TPSA) is 49.9 Å². The second-order valence-corrected chi connectivity index (χ2v) is 7.65. The number of amides is 2. The molecule has 2 saturated heterocycles. The van der Waals surface area contributed by atoms with Crippen LogP contribution in [0.2, 0.25) is 0 Å². The first kappa shape index (κ1) is 15.8. The average molecular weight is 360 g/mol. The number of anilines is 1. The molecular formula is C17H16N2O3S2. The van der Waals surface area contributed by atoms with Crippen molar-refractivity contribution in [2.75, 3.05) is 25.1 Å². The summed E-state index contributed by atoms with van der Waals surface area (Å²) in [5.74, 6) is -0.345. The third kappa shape index (κ3) is 2.39. The quantitative estimate of drug-likeness (QED) is 0.599. The first-order valence-corrected chi connectivity index (χ1v) is 9.07. The summed E-state index contributed by atoms with van der Waals surface area (Å²) in [4.78, 5) is 29.1. The third-order valence-corrected chi connectivity index (χ3v) is 5.99. The van der Waals surface area contributed by atoms with Crippen LogP contribution in [0.1, 0.15) is 18.4 Å². The second-order valence-electron chi connectivity index (χ2n) is 6.00. The van der Waals surface area contributed by atoms with Crippen LogP contribution in [0.3, 0.4) is 0 Å². The fourth-order valence-corrected chi connectivity index (χ4v) is 4.63. The molecule has 0 saturated carbocycles. The van der Waals surface area contributed by atoms with Crippen molar-refractivity contribution in [3.8, 4) is 0 Å². The molecule has 0 aromatic heterocycles. The second kappa shape index (κ2) is 5.98. The van der Waals surface area contributed by atoms with E-state index in [-0.39, 0.29) is 17.9 Å². The van der Waals surface area contributed by atoms with E-state index in [9.17, 15) is 9.59 Å². The molecule has 1 aromatic rings. The summed E-state index contributed by atoms with van der Waals surface area (Å²) in [6, 6.07) is 7.51. The molecule has 0 radical (unpaired) electrons. The van der Waals surface area contributed by atoms with Crippen LogP contribution >= 0.6 is 24.0 Å². The van der Waals surface area contributed by atoms with Crippen molar-refractivity contribution in [2.45, 2.75) is 18.9 Å². The minimum atomic E-state index is -0.186. The van der Waals surface area contributed by atoms with E-state index in [4.69, 9.17) is 17.0 Å². The maximum absolute atomic E-state index is 12.9. The Kier molecular flexibility index (Phi) is 3.94. The van der Waals surface area contributed by atoms with Gasteiger partial charge >= 0.3 is 0 Å². The Morgan fingerprint density at radius 1 is 1.29 bits per heavy atom. The Morgan fingerprint density at radius 2 is 2.08 bits per heavy atom. The highest BCUT2D eigenvalue weighted by Crippen LogP contribution is 2.44. The van der Waals surface area contributed by atoms with Gasteiger partial charge < -0.3 is 9.64 Å². The van der Waals surface area contributed by atoms with Gasteiger partial charge in [0.25, 0.3) is 11.8 Å². The van der Waals surface area contributed by atoms with Crippen molar-refractivity contribution < 1.29 is 14.3 Å². The predicted molar refractivity (Wildman–Crippen MR) is 97.6 cm³/mol. The van der Waals surface area contributed by atoms with Crippen molar-refractivity contribution in [1.82, 2.24) is 4.90 Å². The van der Waals surface area contributed by atoms with Crippen LogP contribution in [0, 0.1) is 0 Å². The van der Waals surface area contributed by atoms with Crippen molar-refractivity contribution in [3.63, 3.8) is 0 Å². The summed E-state index contributed by atoms with van der Waals surface area (Å²) in [5.41, 5.74) is 2.07. The number of likely N-dealkylation sites (N-methyl/N-ethyl adjacent to an activating group) is 1. The number of thiocarbonyl (C=S) groups is 1. The lowest BCUT2D eigenvalue weighted by Gasteiger charge is -2.18. The highest BCUT2D eigenvalue weighted by atomic mass is 32.2. The molecule has 2 fully saturated rings. The molecule has 1 aromatic carbocycles. The first-order valence-electron chi connectivity index (χ1n) is 7.85. The van der Waals surface area contributed by atoms with Gasteiger partial charge in [-0.05, 0) is 18.9 Å². The molecule has 2 amide bonds. The van der Waals surface area contributed by atoms with Crippen molar-refractivity contribution in [1.29, 1.82) is 0 Å². The van der Waals surface area contributed by atoms with Gasteiger partial charge in [-0.2, -0.15) is 0 Å². The average Bonchev–Trinajstić information content (AvgIpc) is 3.25. The van der Waals surface area contributed by atoms with Crippen LogP contribution in [0.5, 0.6) is 0 Å². The summed E-state index contributed by atoms with van der Waals surface area (Å²) in [7, 11) is 1.72. The smallest absolute Gasteiger partial charge is 0.267 e. The van der Waals surface area contributed by atoms with Gasteiger partial charge in [0, 0.05) is 19.2 Å². The summed E-state index contributed by atoms with van der Waals surface area (Å²) in [6.45, 7) is 1.20. The number of carbonyl (C=O) groups is 2. The van der Waals surface area contributed by atoms with Crippen molar-refractivity contribution in [2.24, 2.45) is 0 Å². The molecule has 0 aliphatic carbocycles. The Labute approximate surface area is 149 Å². The molecule has 0 unspecified atom stereocenters. The molecule has 1 atom stereocenters. The molecular weight excluding hydrogens is 344 g/mol. The molecule has 4 rings (SSSR count). The zero-order chi connectivity index (χ0) is 16.8. The summed E-state index contributed by atoms with van der Waals surface area (Å²) >= 11 is 6.60. The minimum Gasteiger partial charge on any atom is -0.376 e. The number of nitrogens with zero attached hydrogens (tertiary/aromatic N) is 2. The number of thioether (sulfide) groups is 1. The van der Waals surface area contributed by atoms with Gasteiger partial charge in [0.15, 0.2) is 0 Å². The monoisotopic (exact) mass is 360 g/mol. The van der Waals surface area contributed by atoms with E-state index in [0.29, 0.717) is 21.3 Å². The molecule has 0 bridgehead atoms. The Hall–Kier alpha value is -1.70. The van der Waals surface area contributed by atoms with Crippen LogP contribution < -0.4 is 4.90 Å². The largest absolute Gasteiger partial charge is 0.376 e. The highest BCUT2D eigenvalue weighted by Gasteiger charge is 2.41. The fraction of sp³-hybridized carbons (Fsp3) is 0.353. The van der Waals surface area contributed by atoms with Gasteiger partial charge in [0.1, 0.15) is 4.32 Å². The summed E-state index contributed by atoms with van der Waals surface area (Å²) < 4.78 is 6.11. The lowest BCUT2D eigenvalue weighted by atomic mass is 10.1. The zero-order valence-corrected chi connectivity index (χ0v) is 14.8.